The van der Waals surface area contributed by atoms with E-state index in [0.29, 0.717) is 23.0 Å². The van der Waals surface area contributed by atoms with Gasteiger partial charge in [0.15, 0.2) is 26.4 Å². The van der Waals surface area contributed by atoms with Crippen LogP contribution in [0.3, 0.4) is 0 Å². The number of aliphatic hydroxyl groups is 3. The molecule has 4 aromatic rings. The molecule has 0 spiro atoms. The van der Waals surface area contributed by atoms with E-state index >= 15 is 0 Å². The highest BCUT2D eigenvalue weighted by Crippen LogP contribution is 2.18. The van der Waals surface area contributed by atoms with E-state index in [2.05, 4.69) is 16.4 Å². The molecule has 2 amide bonds. The summed E-state index contributed by atoms with van der Waals surface area (Å²) in [6.45, 7) is -1.71. The van der Waals surface area contributed by atoms with Crippen LogP contribution >= 0.6 is 23.2 Å². The predicted octanol–water partition coefficient (Wildman–Crippen LogP) is 3.79. The minimum absolute atomic E-state index is 0.152. The van der Waals surface area contributed by atoms with Crippen LogP contribution in [0.15, 0.2) is 97.1 Å². The summed E-state index contributed by atoms with van der Waals surface area (Å²) in [5.41, 5.74) is 8.27. The van der Waals surface area contributed by atoms with E-state index in [9.17, 15) is 19.2 Å². The molecule has 0 atom stereocenters. The first-order valence-electron chi connectivity index (χ1n) is 16.3. The molecular formula is C39H41Cl2N3O11. The van der Waals surface area contributed by atoms with E-state index in [1.165, 1.54) is 0 Å². The van der Waals surface area contributed by atoms with Gasteiger partial charge in [0.25, 0.3) is 22.3 Å². The Balaban J connectivity index is 0.000000358. The molecular weight excluding hydrogens is 757 g/mol. The topological polar surface area (TPSA) is 216 Å². The van der Waals surface area contributed by atoms with Gasteiger partial charge in [-0.05, 0) is 94.0 Å². The highest BCUT2D eigenvalue weighted by atomic mass is 35.5. The van der Waals surface area contributed by atoms with Crippen molar-refractivity contribution < 1.29 is 53.4 Å². The number of nitrogens with two attached hydrogens (primary N) is 1. The smallest absolute Gasteiger partial charge is 0.259 e. The number of ether oxygens (including phenoxy) is 4. The Morgan fingerprint density at radius 1 is 0.473 bits per heavy atom. The molecule has 0 saturated heterocycles. The summed E-state index contributed by atoms with van der Waals surface area (Å²) in [5.74, 6) is 1.47. The van der Waals surface area contributed by atoms with Crippen LogP contribution in [0, 0.1) is 0 Å². The van der Waals surface area contributed by atoms with Crippen LogP contribution in [0.1, 0.15) is 22.3 Å². The van der Waals surface area contributed by atoms with Crippen LogP contribution in [-0.4, -0.2) is 84.2 Å². The van der Waals surface area contributed by atoms with Crippen molar-refractivity contribution in [3.05, 3.63) is 119 Å². The minimum atomic E-state index is -0.540. The average Bonchev–Trinajstić information content (AvgIpc) is 3.18. The van der Waals surface area contributed by atoms with Crippen molar-refractivity contribution in [2.24, 2.45) is 5.73 Å². The molecule has 0 aliphatic carbocycles. The third-order valence-corrected chi connectivity index (χ3v) is 6.67. The second-order valence-electron chi connectivity index (χ2n) is 10.5. The molecule has 55 heavy (non-hydrogen) atoms. The van der Waals surface area contributed by atoms with Gasteiger partial charge in [-0.1, -0.05) is 72.8 Å². The lowest BCUT2D eigenvalue weighted by atomic mass is 10.1. The quantitative estimate of drug-likeness (QED) is 0.0482. The fraction of sp³-hybridized carbons (Fsp3) is 0.179. The maximum Gasteiger partial charge on any atom is 0.259 e. The lowest BCUT2D eigenvalue weighted by Gasteiger charge is -2.06. The first-order chi connectivity index (χ1) is 26.5. The summed E-state index contributed by atoms with van der Waals surface area (Å²) in [6.07, 6.45) is 7.73. The molecule has 0 heterocycles. The first kappa shape index (κ1) is 45.4. The number of nitrogens with one attached hydrogen (secondary N) is 2. The third-order valence-electron chi connectivity index (χ3n) is 6.45. The fourth-order valence-corrected chi connectivity index (χ4v) is 4.05. The van der Waals surface area contributed by atoms with Crippen molar-refractivity contribution in [1.29, 1.82) is 0 Å². The second-order valence-corrected chi connectivity index (χ2v) is 11.3. The van der Waals surface area contributed by atoms with E-state index in [-0.39, 0.29) is 33.2 Å². The number of carbonyl (C=O) groups is 4. The number of hydrogen-bond acceptors (Lipinski definition) is 12. The van der Waals surface area contributed by atoms with Gasteiger partial charge in [0.1, 0.15) is 36.5 Å². The summed E-state index contributed by atoms with van der Waals surface area (Å²) in [6, 6.07) is 28.9. The normalized spacial score (nSPS) is 10.3. The van der Waals surface area contributed by atoms with Crippen LogP contribution in [0.5, 0.6) is 23.0 Å². The van der Waals surface area contributed by atoms with Gasteiger partial charge >= 0.3 is 0 Å². The van der Waals surface area contributed by atoms with Crippen molar-refractivity contribution in [3.8, 4) is 23.0 Å². The van der Waals surface area contributed by atoms with Crippen LogP contribution in [0.4, 0.5) is 0 Å². The van der Waals surface area contributed by atoms with E-state index < -0.39 is 35.8 Å². The second kappa shape index (κ2) is 26.9. The van der Waals surface area contributed by atoms with Crippen LogP contribution in [-0.2, 0) is 19.2 Å². The van der Waals surface area contributed by atoms with Gasteiger partial charge in [-0.25, -0.2) is 0 Å². The number of amides is 2. The monoisotopic (exact) mass is 797 g/mol. The molecule has 4 rings (SSSR count). The van der Waals surface area contributed by atoms with Gasteiger partial charge in [0, 0.05) is 0 Å². The molecule has 0 unspecified atom stereocenters. The van der Waals surface area contributed by atoms with Crippen molar-refractivity contribution in [2.45, 2.75) is 0 Å². The number of halogens is 2. The zero-order valence-corrected chi connectivity index (χ0v) is 30.9. The largest absolute Gasteiger partial charge is 0.484 e. The summed E-state index contributed by atoms with van der Waals surface area (Å²) in [4.78, 5) is 43.7. The van der Waals surface area contributed by atoms with E-state index in [0.717, 1.165) is 22.3 Å². The Bertz CT molecular complexity index is 1670. The number of carbonyl (C=O) groups excluding carboxylic acids is 4. The van der Waals surface area contributed by atoms with Gasteiger partial charge < -0.3 is 50.6 Å². The highest BCUT2D eigenvalue weighted by Gasteiger charge is 2.03. The Morgan fingerprint density at radius 2 is 0.691 bits per heavy atom. The van der Waals surface area contributed by atoms with E-state index in [4.69, 9.17) is 57.5 Å². The van der Waals surface area contributed by atoms with Crippen molar-refractivity contribution >= 4 is 69.8 Å². The van der Waals surface area contributed by atoms with Crippen LogP contribution < -0.4 is 35.3 Å². The molecule has 0 aromatic heterocycles. The lowest BCUT2D eigenvalue weighted by molar-refractivity contribution is -0.125. The van der Waals surface area contributed by atoms with Crippen molar-refractivity contribution in [2.75, 3.05) is 46.6 Å². The van der Waals surface area contributed by atoms with Gasteiger partial charge in [0.2, 0.25) is 0 Å². The zero-order valence-electron chi connectivity index (χ0n) is 29.4. The molecule has 0 saturated carbocycles. The van der Waals surface area contributed by atoms with E-state index in [1.54, 1.807) is 48.5 Å². The Kier molecular flexibility index (Phi) is 22.2. The Labute approximate surface area is 327 Å². The van der Waals surface area contributed by atoms with E-state index in [1.807, 2.05) is 72.8 Å². The molecule has 0 aliphatic rings. The number of benzene rings is 4. The molecule has 0 radical (unpaired) electrons. The number of aliphatic hydroxyl groups excluding tert-OH is 3. The summed E-state index contributed by atoms with van der Waals surface area (Å²) >= 11 is 10.4. The fourth-order valence-electron chi connectivity index (χ4n) is 3.94. The predicted molar refractivity (Wildman–Crippen MR) is 209 cm³/mol. The summed E-state index contributed by atoms with van der Waals surface area (Å²) in [5, 5.41) is 27.9. The summed E-state index contributed by atoms with van der Waals surface area (Å²) < 4.78 is 21.0. The van der Waals surface area contributed by atoms with Crippen LogP contribution in [0.2, 0.25) is 0 Å². The summed E-state index contributed by atoms with van der Waals surface area (Å²) in [7, 11) is 0. The number of rotatable bonds is 18. The molecule has 4 aromatic carbocycles. The molecule has 0 aliphatic heterocycles. The lowest BCUT2D eigenvalue weighted by Crippen LogP contribution is -2.29. The number of hydrogen-bond donors (Lipinski definition) is 6. The minimum Gasteiger partial charge on any atom is -0.484 e. The Morgan fingerprint density at radius 3 is 0.891 bits per heavy atom. The van der Waals surface area contributed by atoms with Gasteiger partial charge in [-0.3, -0.25) is 19.2 Å². The third kappa shape index (κ3) is 20.9. The maximum atomic E-state index is 11.2. The molecule has 292 valence electrons. The molecule has 0 fully saturated rings. The molecule has 14 nitrogen and oxygen atoms in total. The molecule has 7 N–H and O–H groups in total. The first-order valence-corrected chi connectivity index (χ1v) is 17.0. The average molecular weight is 799 g/mol. The zero-order chi connectivity index (χ0) is 40.3. The Hall–Kier alpha value is -5.74. The molecule has 16 heteroatoms. The standard InChI is InChI=1S/C20H22N2O6.C18H14Cl2O4.CH5NO/c23-13-21-19(25)11-27-17-7-3-15(4-8-17)1-2-16-5-9-18(10-6-16)28-12-20(26)22-14-24;19-17(21)11-23-15-7-3-13(4-8-15)1-2-14-5-9-16(10-6-14)24-12-18(20)22;2-1-3/h1-10,23-24H,11-14H2,(H,21,25)(H,22,26);1-10H,11-12H2;3H,1-2H2/b2*2-1+;. The maximum absolute atomic E-state index is 11.2. The highest BCUT2D eigenvalue weighted by molar-refractivity contribution is 6.64. The van der Waals surface area contributed by atoms with Crippen molar-refractivity contribution in [3.63, 3.8) is 0 Å². The van der Waals surface area contributed by atoms with Crippen molar-refractivity contribution in [1.82, 2.24) is 10.6 Å². The van der Waals surface area contributed by atoms with Gasteiger partial charge in [0.05, 0.1) is 6.73 Å². The molecule has 0 bridgehead atoms. The van der Waals surface area contributed by atoms with Gasteiger partial charge in [-0.15, -0.1) is 0 Å². The van der Waals surface area contributed by atoms with Gasteiger partial charge in [-0.2, -0.15) is 0 Å². The van der Waals surface area contributed by atoms with Crippen LogP contribution in [0.25, 0.3) is 24.3 Å². The SMILES string of the molecule is NCO.O=C(COc1ccc(/C=C/c2ccc(OCC(=O)NCO)cc2)cc1)NCO.O=C(Cl)COc1ccc(/C=C/c2ccc(OCC(=O)Cl)cc2)cc1.